The predicted octanol–water partition coefficient (Wildman–Crippen LogP) is 3.20. The number of hydrogen-bond donors (Lipinski definition) is 1. The molecule has 0 amide bonds. The number of aromatic nitrogens is 4. The van der Waals surface area contributed by atoms with Crippen molar-refractivity contribution in [2.24, 2.45) is 12.8 Å². The Morgan fingerprint density at radius 1 is 1.03 bits per heavy atom. The molecule has 0 spiro atoms. The topological polar surface area (TPSA) is 82.0 Å². The normalized spacial score (nSPS) is 16.3. The molecule has 7 nitrogen and oxygen atoms in total. The second-order valence-corrected chi connectivity index (χ2v) is 9.39. The van der Waals surface area contributed by atoms with E-state index in [0.717, 1.165) is 49.7 Å². The number of imidazole rings is 1. The summed E-state index contributed by atoms with van der Waals surface area (Å²) in [5.74, 6) is 1.54. The van der Waals surface area contributed by atoms with E-state index >= 15 is 0 Å². The van der Waals surface area contributed by atoms with Gasteiger partial charge in [-0.2, -0.15) is 4.98 Å². The van der Waals surface area contributed by atoms with Gasteiger partial charge in [0, 0.05) is 32.6 Å². The van der Waals surface area contributed by atoms with Gasteiger partial charge in [-0.3, -0.25) is 13.9 Å². The number of nitrogens with zero attached hydrogens (tertiary/aromatic N) is 5. The maximum absolute atomic E-state index is 13.6. The lowest BCUT2D eigenvalue weighted by Gasteiger charge is -2.31. The van der Waals surface area contributed by atoms with Crippen LogP contribution in [0.4, 0.5) is 5.95 Å². The molecule has 7 heteroatoms. The van der Waals surface area contributed by atoms with Crippen molar-refractivity contribution in [3.63, 3.8) is 0 Å². The fraction of sp³-hybridized carbons (Fsp3) is 0.370. The summed E-state index contributed by atoms with van der Waals surface area (Å²) >= 11 is 0. The van der Waals surface area contributed by atoms with Gasteiger partial charge in [0.25, 0.3) is 5.56 Å². The Kier molecular flexibility index (Phi) is 6.20. The summed E-state index contributed by atoms with van der Waals surface area (Å²) in [6.07, 6.45) is 3.53. The van der Waals surface area contributed by atoms with E-state index in [0.29, 0.717) is 24.1 Å². The molecule has 1 atom stereocenters. The summed E-state index contributed by atoms with van der Waals surface area (Å²) in [6.45, 7) is 4.27. The van der Waals surface area contributed by atoms with Gasteiger partial charge in [0.15, 0.2) is 11.2 Å². The quantitative estimate of drug-likeness (QED) is 0.482. The number of fused-ring (bicyclic) bond motifs is 1. The lowest BCUT2D eigenvalue weighted by Crippen LogP contribution is -2.44. The van der Waals surface area contributed by atoms with Gasteiger partial charge >= 0.3 is 0 Å². The molecule has 1 aliphatic heterocycles. The molecule has 0 aliphatic carbocycles. The first kappa shape index (κ1) is 22.3. The molecule has 0 saturated carbocycles. The highest BCUT2D eigenvalue weighted by atomic mass is 16.1. The minimum Gasteiger partial charge on any atom is -0.341 e. The third kappa shape index (κ3) is 4.48. The van der Waals surface area contributed by atoms with Crippen molar-refractivity contribution < 1.29 is 0 Å². The van der Waals surface area contributed by atoms with Crippen LogP contribution < -0.4 is 16.2 Å². The molecule has 2 N–H and O–H groups in total. The molecule has 1 aliphatic rings. The molecule has 0 radical (unpaired) electrons. The summed E-state index contributed by atoms with van der Waals surface area (Å²) in [4.78, 5) is 25.6. The standard InChI is InChI=1S/C27H32N6O/c1-19-8-6-11-21(16-19)17-33-24-25(30-27(33)32-15-7-12-22(28)18-32)29-23(31(2)26(24)34)14-13-20-9-4-3-5-10-20/h3-6,8-11,16,22H,7,12-15,17-18,28H2,1-2H3. The van der Waals surface area contributed by atoms with Crippen LogP contribution in [0.5, 0.6) is 0 Å². The van der Waals surface area contributed by atoms with Crippen LogP contribution in [0.2, 0.25) is 0 Å². The van der Waals surface area contributed by atoms with E-state index in [2.05, 4.69) is 48.2 Å². The first-order valence-corrected chi connectivity index (χ1v) is 12.1. The molecule has 1 unspecified atom stereocenters. The summed E-state index contributed by atoms with van der Waals surface area (Å²) in [7, 11) is 1.82. The fourth-order valence-electron chi connectivity index (χ4n) is 4.89. The van der Waals surface area contributed by atoms with Gasteiger partial charge in [-0.25, -0.2) is 4.98 Å². The fourth-order valence-corrected chi connectivity index (χ4v) is 4.89. The molecule has 5 rings (SSSR count). The monoisotopic (exact) mass is 456 g/mol. The van der Waals surface area contributed by atoms with Crippen molar-refractivity contribution in [2.45, 2.75) is 45.2 Å². The number of anilines is 1. The lowest BCUT2D eigenvalue weighted by atomic mass is 10.1. The van der Waals surface area contributed by atoms with Crippen molar-refractivity contribution in [3.8, 4) is 0 Å². The number of benzene rings is 2. The highest BCUT2D eigenvalue weighted by Gasteiger charge is 2.25. The smallest absolute Gasteiger partial charge is 0.279 e. The molecule has 176 valence electrons. The van der Waals surface area contributed by atoms with Crippen LogP contribution in [-0.4, -0.2) is 38.2 Å². The van der Waals surface area contributed by atoms with Crippen LogP contribution in [0, 0.1) is 6.92 Å². The largest absolute Gasteiger partial charge is 0.341 e. The zero-order chi connectivity index (χ0) is 23.7. The Morgan fingerprint density at radius 2 is 1.82 bits per heavy atom. The summed E-state index contributed by atoms with van der Waals surface area (Å²) in [5.41, 5.74) is 10.9. The highest BCUT2D eigenvalue weighted by Crippen LogP contribution is 2.24. The van der Waals surface area contributed by atoms with Crippen molar-refractivity contribution in [3.05, 3.63) is 87.5 Å². The average molecular weight is 457 g/mol. The van der Waals surface area contributed by atoms with Gasteiger partial charge in [0.2, 0.25) is 5.95 Å². The molecule has 34 heavy (non-hydrogen) atoms. The van der Waals surface area contributed by atoms with Crippen molar-refractivity contribution in [2.75, 3.05) is 18.0 Å². The first-order valence-electron chi connectivity index (χ1n) is 12.1. The second-order valence-electron chi connectivity index (χ2n) is 9.39. The predicted molar refractivity (Wildman–Crippen MR) is 136 cm³/mol. The van der Waals surface area contributed by atoms with Crippen LogP contribution in [0.3, 0.4) is 0 Å². The SMILES string of the molecule is Cc1cccc(Cn2c(N3CCCC(N)C3)nc3nc(CCc4ccccc4)n(C)c(=O)c32)c1. The number of hydrogen-bond acceptors (Lipinski definition) is 5. The van der Waals surface area contributed by atoms with E-state index in [1.807, 2.05) is 29.8 Å². The molecular weight excluding hydrogens is 424 g/mol. The molecule has 4 aromatic rings. The second kappa shape index (κ2) is 9.43. The molecule has 0 bridgehead atoms. The number of aryl methyl sites for hydroxylation is 3. The Bertz CT molecular complexity index is 1360. The van der Waals surface area contributed by atoms with Crippen LogP contribution in [0.15, 0.2) is 59.4 Å². The highest BCUT2D eigenvalue weighted by molar-refractivity contribution is 5.74. The zero-order valence-corrected chi connectivity index (χ0v) is 19.9. The van der Waals surface area contributed by atoms with E-state index < -0.39 is 0 Å². The molecule has 1 saturated heterocycles. The maximum atomic E-state index is 13.6. The van der Waals surface area contributed by atoms with Crippen molar-refractivity contribution in [1.82, 2.24) is 19.1 Å². The van der Waals surface area contributed by atoms with E-state index in [1.54, 1.807) is 4.57 Å². The van der Waals surface area contributed by atoms with Crippen molar-refractivity contribution in [1.29, 1.82) is 0 Å². The molecule has 2 aromatic carbocycles. The summed E-state index contributed by atoms with van der Waals surface area (Å²) < 4.78 is 3.73. The summed E-state index contributed by atoms with van der Waals surface area (Å²) in [5, 5.41) is 0. The van der Waals surface area contributed by atoms with E-state index in [-0.39, 0.29) is 11.6 Å². The van der Waals surface area contributed by atoms with Crippen LogP contribution in [0.1, 0.15) is 35.4 Å². The Morgan fingerprint density at radius 3 is 2.59 bits per heavy atom. The van der Waals surface area contributed by atoms with Gasteiger partial charge < -0.3 is 10.6 Å². The third-order valence-corrected chi connectivity index (χ3v) is 6.70. The summed E-state index contributed by atoms with van der Waals surface area (Å²) in [6, 6.07) is 18.8. The number of nitrogens with two attached hydrogens (primary N) is 1. The van der Waals surface area contributed by atoms with Gasteiger partial charge in [-0.05, 0) is 37.3 Å². The zero-order valence-electron chi connectivity index (χ0n) is 19.9. The van der Waals surface area contributed by atoms with Crippen molar-refractivity contribution >= 4 is 17.1 Å². The lowest BCUT2D eigenvalue weighted by molar-refractivity contribution is 0.495. The Hall–Kier alpha value is -3.45. The van der Waals surface area contributed by atoms with Gasteiger partial charge in [-0.15, -0.1) is 0 Å². The molecule has 1 fully saturated rings. The minimum absolute atomic E-state index is 0.0548. The minimum atomic E-state index is -0.0548. The third-order valence-electron chi connectivity index (χ3n) is 6.70. The molecule has 3 heterocycles. The first-order chi connectivity index (χ1) is 16.5. The molecular formula is C27H32N6O. The van der Waals surface area contributed by atoms with E-state index in [1.165, 1.54) is 11.1 Å². The maximum Gasteiger partial charge on any atom is 0.279 e. The van der Waals surface area contributed by atoms with E-state index in [9.17, 15) is 4.79 Å². The van der Waals surface area contributed by atoms with Crippen LogP contribution >= 0.6 is 0 Å². The Balaban J connectivity index is 1.59. The van der Waals surface area contributed by atoms with Gasteiger partial charge in [0.05, 0.1) is 6.54 Å². The van der Waals surface area contributed by atoms with Crippen LogP contribution in [0.25, 0.3) is 11.2 Å². The Labute approximate surface area is 199 Å². The van der Waals surface area contributed by atoms with Gasteiger partial charge in [0.1, 0.15) is 5.82 Å². The van der Waals surface area contributed by atoms with Crippen LogP contribution in [-0.2, 0) is 26.4 Å². The number of piperidine rings is 1. The average Bonchev–Trinajstić information content (AvgIpc) is 3.19. The molecule has 2 aromatic heterocycles. The number of rotatable bonds is 6. The van der Waals surface area contributed by atoms with Gasteiger partial charge in [-0.1, -0.05) is 60.2 Å². The van der Waals surface area contributed by atoms with E-state index in [4.69, 9.17) is 15.7 Å².